The van der Waals surface area contributed by atoms with E-state index in [1.165, 1.54) is 43.7 Å². The van der Waals surface area contributed by atoms with Gasteiger partial charge >= 0.3 is 0 Å². The summed E-state index contributed by atoms with van der Waals surface area (Å²) >= 11 is 2.11. The molecule has 2 unspecified atom stereocenters. The fourth-order valence-electron chi connectivity index (χ4n) is 3.53. The molecule has 2 fully saturated rings. The zero-order valence-electron chi connectivity index (χ0n) is 10.9. The van der Waals surface area contributed by atoms with Crippen LogP contribution < -0.4 is 5.32 Å². The maximum absolute atomic E-state index is 3.61. The molecule has 2 aliphatic rings. The molecule has 1 N–H and O–H groups in total. The van der Waals surface area contributed by atoms with Crippen LogP contribution in [0.25, 0.3) is 0 Å². The summed E-state index contributed by atoms with van der Waals surface area (Å²) in [6.45, 7) is 6.92. The Balaban J connectivity index is 1.74. The molecule has 0 amide bonds. The maximum atomic E-state index is 3.61. The first kappa shape index (κ1) is 12.8. The monoisotopic (exact) mass is 241 g/mol. The van der Waals surface area contributed by atoms with E-state index in [9.17, 15) is 0 Å². The van der Waals surface area contributed by atoms with Crippen LogP contribution in [-0.2, 0) is 0 Å². The van der Waals surface area contributed by atoms with Gasteiger partial charge in [0, 0.05) is 6.54 Å². The number of thioether (sulfide) groups is 1. The smallest absolute Gasteiger partial charge is 0.000790 e. The summed E-state index contributed by atoms with van der Waals surface area (Å²) in [5.41, 5.74) is 0.692. The van der Waals surface area contributed by atoms with E-state index in [1.807, 2.05) is 0 Å². The van der Waals surface area contributed by atoms with Gasteiger partial charge in [-0.25, -0.2) is 0 Å². The summed E-state index contributed by atoms with van der Waals surface area (Å²) in [7, 11) is 0. The first-order chi connectivity index (χ1) is 7.79. The number of hydrogen-bond acceptors (Lipinski definition) is 2. The van der Waals surface area contributed by atoms with Gasteiger partial charge in [0.15, 0.2) is 0 Å². The van der Waals surface area contributed by atoms with Crippen LogP contribution in [0.15, 0.2) is 0 Å². The normalized spacial score (nSPS) is 36.4. The first-order valence-electron chi connectivity index (χ1n) is 7.08. The quantitative estimate of drug-likeness (QED) is 0.652. The average molecular weight is 241 g/mol. The highest BCUT2D eigenvalue weighted by Crippen LogP contribution is 2.61. The number of rotatable bonds is 8. The summed E-state index contributed by atoms with van der Waals surface area (Å²) in [6.07, 6.45) is 7.52. The Kier molecular flexibility index (Phi) is 4.60. The zero-order valence-corrected chi connectivity index (χ0v) is 11.7. The van der Waals surface area contributed by atoms with Gasteiger partial charge in [-0.1, -0.05) is 13.8 Å². The Bertz CT molecular complexity index is 207. The van der Waals surface area contributed by atoms with Crippen molar-refractivity contribution in [1.82, 2.24) is 5.32 Å². The Hall–Kier alpha value is 0.310. The van der Waals surface area contributed by atoms with Crippen LogP contribution in [0.4, 0.5) is 0 Å². The Morgan fingerprint density at radius 2 is 2.00 bits per heavy atom. The van der Waals surface area contributed by atoms with E-state index in [4.69, 9.17) is 0 Å². The second-order valence-corrected chi connectivity index (χ2v) is 7.14. The van der Waals surface area contributed by atoms with E-state index in [1.54, 1.807) is 6.42 Å². The second kappa shape index (κ2) is 5.77. The van der Waals surface area contributed by atoms with E-state index >= 15 is 0 Å². The van der Waals surface area contributed by atoms with Gasteiger partial charge < -0.3 is 5.32 Å². The van der Waals surface area contributed by atoms with E-state index in [0.717, 1.165) is 18.4 Å². The van der Waals surface area contributed by atoms with Crippen LogP contribution in [0, 0.1) is 17.3 Å². The molecule has 0 aromatic rings. The summed E-state index contributed by atoms with van der Waals surface area (Å²) in [6, 6.07) is 0. The van der Waals surface area contributed by atoms with Crippen molar-refractivity contribution in [2.45, 2.75) is 46.0 Å². The lowest BCUT2D eigenvalue weighted by Crippen LogP contribution is -2.33. The topological polar surface area (TPSA) is 12.0 Å². The molecular formula is C14H27NS. The van der Waals surface area contributed by atoms with E-state index in [0.29, 0.717) is 5.41 Å². The van der Waals surface area contributed by atoms with Gasteiger partial charge in [0.2, 0.25) is 0 Å². The highest BCUT2D eigenvalue weighted by atomic mass is 32.2. The van der Waals surface area contributed by atoms with Crippen LogP contribution in [0.5, 0.6) is 0 Å². The SMILES string of the molecule is CCNCC1(CCCSCC)CC2CC2C1. The molecule has 0 saturated heterocycles. The van der Waals surface area contributed by atoms with Crippen molar-refractivity contribution in [3.8, 4) is 0 Å². The molecule has 2 aliphatic carbocycles. The van der Waals surface area contributed by atoms with Crippen LogP contribution in [0.1, 0.15) is 46.0 Å². The van der Waals surface area contributed by atoms with Crippen molar-refractivity contribution in [3.05, 3.63) is 0 Å². The van der Waals surface area contributed by atoms with Gasteiger partial charge in [0.05, 0.1) is 0 Å². The standard InChI is InChI=1S/C14H27NS/c1-3-15-11-14(6-5-7-16-4-2)9-12-8-13(12)10-14/h12-13,15H,3-11H2,1-2H3. The number of nitrogens with one attached hydrogen (secondary N) is 1. The highest BCUT2D eigenvalue weighted by Gasteiger charge is 2.52. The lowest BCUT2D eigenvalue weighted by Gasteiger charge is -2.31. The molecule has 0 spiro atoms. The molecule has 0 bridgehead atoms. The van der Waals surface area contributed by atoms with E-state index < -0.39 is 0 Å². The first-order valence-corrected chi connectivity index (χ1v) is 8.23. The largest absolute Gasteiger partial charge is 0.316 e. The predicted molar refractivity (Wildman–Crippen MR) is 74.0 cm³/mol. The van der Waals surface area contributed by atoms with Crippen LogP contribution >= 0.6 is 11.8 Å². The highest BCUT2D eigenvalue weighted by molar-refractivity contribution is 7.99. The van der Waals surface area contributed by atoms with Crippen molar-refractivity contribution in [2.24, 2.45) is 17.3 Å². The molecule has 94 valence electrons. The van der Waals surface area contributed by atoms with Gasteiger partial charge in [-0.3, -0.25) is 0 Å². The summed E-state index contributed by atoms with van der Waals surface area (Å²) in [5.74, 6) is 4.90. The lowest BCUT2D eigenvalue weighted by atomic mass is 9.79. The lowest BCUT2D eigenvalue weighted by molar-refractivity contribution is 0.230. The molecule has 0 aliphatic heterocycles. The van der Waals surface area contributed by atoms with Crippen molar-refractivity contribution in [2.75, 3.05) is 24.6 Å². The number of fused-ring (bicyclic) bond motifs is 1. The molecule has 2 saturated carbocycles. The van der Waals surface area contributed by atoms with Crippen LogP contribution in [-0.4, -0.2) is 24.6 Å². The van der Waals surface area contributed by atoms with Crippen molar-refractivity contribution >= 4 is 11.8 Å². The Morgan fingerprint density at radius 3 is 2.62 bits per heavy atom. The molecule has 0 radical (unpaired) electrons. The Labute approximate surface area is 105 Å². The molecule has 0 heterocycles. The summed E-state index contributed by atoms with van der Waals surface area (Å²) < 4.78 is 0. The number of hydrogen-bond donors (Lipinski definition) is 1. The fraction of sp³-hybridized carbons (Fsp3) is 1.00. The summed E-state index contributed by atoms with van der Waals surface area (Å²) in [4.78, 5) is 0. The van der Waals surface area contributed by atoms with Gasteiger partial charge in [0.25, 0.3) is 0 Å². The third kappa shape index (κ3) is 3.16. The molecule has 0 aromatic carbocycles. The average Bonchev–Trinajstić information content (AvgIpc) is 2.91. The molecule has 2 rings (SSSR count). The van der Waals surface area contributed by atoms with Gasteiger partial charge in [0.1, 0.15) is 0 Å². The zero-order chi connectivity index (χ0) is 11.4. The molecule has 0 aromatic heterocycles. The van der Waals surface area contributed by atoms with Gasteiger partial charge in [-0.15, -0.1) is 0 Å². The minimum atomic E-state index is 0.692. The van der Waals surface area contributed by atoms with Crippen molar-refractivity contribution in [3.63, 3.8) is 0 Å². The van der Waals surface area contributed by atoms with Gasteiger partial charge in [-0.2, -0.15) is 11.8 Å². The minimum absolute atomic E-state index is 0.692. The third-order valence-electron chi connectivity index (χ3n) is 4.41. The van der Waals surface area contributed by atoms with Crippen LogP contribution in [0.2, 0.25) is 0 Å². The van der Waals surface area contributed by atoms with E-state index in [-0.39, 0.29) is 0 Å². The second-order valence-electron chi connectivity index (χ2n) is 5.74. The third-order valence-corrected chi connectivity index (χ3v) is 5.39. The molecule has 2 heteroatoms. The molecule has 2 atom stereocenters. The van der Waals surface area contributed by atoms with Gasteiger partial charge in [-0.05, 0) is 67.4 Å². The Morgan fingerprint density at radius 1 is 1.25 bits per heavy atom. The fourth-order valence-corrected chi connectivity index (χ4v) is 4.16. The van der Waals surface area contributed by atoms with Crippen LogP contribution in [0.3, 0.4) is 0 Å². The van der Waals surface area contributed by atoms with E-state index in [2.05, 4.69) is 30.9 Å². The summed E-state index contributed by atoms with van der Waals surface area (Å²) in [5, 5.41) is 3.61. The molecule has 1 nitrogen and oxygen atoms in total. The minimum Gasteiger partial charge on any atom is -0.316 e. The predicted octanol–water partition coefficient (Wildman–Crippen LogP) is 3.55. The molecular weight excluding hydrogens is 214 g/mol. The molecule has 16 heavy (non-hydrogen) atoms. The maximum Gasteiger partial charge on any atom is 0.000790 e. The van der Waals surface area contributed by atoms with Crippen molar-refractivity contribution < 1.29 is 0 Å². The van der Waals surface area contributed by atoms with Crippen molar-refractivity contribution in [1.29, 1.82) is 0 Å².